The van der Waals surface area contributed by atoms with Crippen LogP contribution in [0.15, 0.2) is 18.2 Å². The SMILES string of the molecule is CCS(=O)(=O)Nc1ccc(NC(=O)CCNC)cc1C.Cl. The molecule has 120 valence electrons. The van der Waals surface area contributed by atoms with Crippen LogP contribution in [0, 0.1) is 6.92 Å². The molecule has 0 spiro atoms. The molecule has 1 amide bonds. The van der Waals surface area contributed by atoms with E-state index in [-0.39, 0.29) is 24.1 Å². The fourth-order valence-corrected chi connectivity index (χ4v) is 2.27. The van der Waals surface area contributed by atoms with Crippen molar-refractivity contribution in [1.29, 1.82) is 0 Å². The lowest BCUT2D eigenvalue weighted by Crippen LogP contribution is -2.19. The molecule has 1 rings (SSSR count). The van der Waals surface area contributed by atoms with Gasteiger partial charge in [-0.1, -0.05) is 0 Å². The Kier molecular flexibility index (Phi) is 8.31. The topological polar surface area (TPSA) is 87.3 Å². The molecular formula is C13H22ClN3O3S. The van der Waals surface area contributed by atoms with Gasteiger partial charge in [0.05, 0.1) is 11.4 Å². The van der Waals surface area contributed by atoms with Crippen LogP contribution in [0.3, 0.4) is 0 Å². The summed E-state index contributed by atoms with van der Waals surface area (Å²) in [5.74, 6) is -0.0600. The molecule has 3 N–H and O–H groups in total. The lowest BCUT2D eigenvalue weighted by Gasteiger charge is -2.11. The molecule has 0 bridgehead atoms. The number of hydrogen-bond donors (Lipinski definition) is 3. The summed E-state index contributed by atoms with van der Waals surface area (Å²) in [5, 5.41) is 5.66. The van der Waals surface area contributed by atoms with E-state index in [9.17, 15) is 13.2 Å². The molecule has 0 aliphatic rings. The van der Waals surface area contributed by atoms with Gasteiger partial charge in [0.1, 0.15) is 0 Å². The average molecular weight is 336 g/mol. The molecule has 21 heavy (non-hydrogen) atoms. The first-order chi connectivity index (χ1) is 9.38. The third kappa shape index (κ3) is 6.79. The van der Waals surface area contributed by atoms with E-state index in [1.54, 1.807) is 39.1 Å². The summed E-state index contributed by atoms with van der Waals surface area (Å²) in [6.07, 6.45) is 0.389. The highest BCUT2D eigenvalue weighted by atomic mass is 35.5. The molecule has 0 aliphatic heterocycles. The van der Waals surface area contributed by atoms with Crippen LogP contribution in [0.4, 0.5) is 11.4 Å². The first-order valence-corrected chi connectivity index (χ1v) is 8.08. The van der Waals surface area contributed by atoms with Gasteiger partial charge in [0.25, 0.3) is 0 Å². The number of benzene rings is 1. The molecule has 0 aromatic heterocycles. The number of nitrogens with one attached hydrogen (secondary N) is 3. The Labute approximate surface area is 132 Å². The van der Waals surface area contributed by atoms with Crippen molar-refractivity contribution >= 4 is 39.7 Å². The number of carbonyl (C=O) groups excluding carboxylic acids is 1. The van der Waals surface area contributed by atoms with E-state index < -0.39 is 10.0 Å². The van der Waals surface area contributed by atoms with Crippen LogP contribution in [0.5, 0.6) is 0 Å². The van der Waals surface area contributed by atoms with Crippen LogP contribution < -0.4 is 15.4 Å². The van der Waals surface area contributed by atoms with Gasteiger partial charge in [-0.05, 0) is 44.7 Å². The molecular weight excluding hydrogens is 314 g/mol. The molecule has 8 heteroatoms. The molecule has 0 saturated heterocycles. The Balaban J connectivity index is 0.00000400. The predicted molar refractivity (Wildman–Crippen MR) is 88.7 cm³/mol. The maximum Gasteiger partial charge on any atom is 0.232 e. The fraction of sp³-hybridized carbons (Fsp3) is 0.462. The van der Waals surface area contributed by atoms with Gasteiger partial charge in [0.15, 0.2) is 0 Å². The van der Waals surface area contributed by atoms with E-state index in [0.717, 1.165) is 5.56 Å². The summed E-state index contributed by atoms with van der Waals surface area (Å²) < 4.78 is 25.5. The number of aryl methyl sites for hydroxylation is 1. The number of carbonyl (C=O) groups is 1. The van der Waals surface area contributed by atoms with E-state index in [4.69, 9.17) is 0 Å². The molecule has 0 radical (unpaired) electrons. The third-order valence-corrected chi connectivity index (χ3v) is 4.05. The van der Waals surface area contributed by atoms with Crippen LogP contribution >= 0.6 is 12.4 Å². The molecule has 0 saturated carbocycles. The molecule has 0 atom stereocenters. The summed E-state index contributed by atoms with van der Waals surface area (Å²) in [7, 11) is -1.50. The monoisotopic (exact) mass is 335 g/mol. The highest BCUT2D eigenvalue weighted by Crippen LogP contribution is 2.20. The summed E-state index contributed by atoms with van der Waals surface area (Å²) in [6.45, 7) is 3.98. The van der Waals surface area contributed by atoms with Crippen molar-refractivity contribution in [3.8, 4) is 0 Å². The van der Waals surface area contributed by atoms with Crippen molar-refractivity contribution in [2.24, 2.45) is 0 Å². The van der Waals surface area contributed by atoms with Gasteiger partial charge in [-0.15, -0.1) is 12.4 Å². The van der Waals surface area contributed by atoms with Crippen molar-refractivity contribution in [1.82, 2.24) is 5.32 Å². The van der Waals surface area contributed by atoms with Gasteiger partial charge >= 0.3 is 0 Å². The summed E-state index contributed by atoms with van der Waals surface area (Å²) in [6, 6.07) is 5.07. The number of hydrogen-bond acceptors (Lipinski definition) is 4. The lowest BCUT2D eigenvalue weighted by atomic mass is 10.2. The number of halogens is 1. The van der Waals surface area contributed by atoms with Gasteiger partial charge in [-0.3, -0.25) is 9.52 Å². The Hall–Kier alpha value is -1.31. The molecule has 0 unspecified atom stereocenters. The van der Waals surface area contributed by atoms with Crippen molar-refractivity contribution in [3.63, 3.8) is 0 Å². The Bertz CT molecular complexity index is 576. The summed E-state index contributed by atoms with van der Waals surface area (Å²) >= 11 is 0. The van der Waals surface area contributed by atoms with Crippen molar-refractivity contribution in [2.75, 3.05) is 29.4 Å². The Morgan fingerprint density at radius 2 is 1.95 bits per heavy atom. The van der Waals surface area contributed by atoms with Crippen molar-refractivity contribution in [3.05, 3.63) is 23.8 Å². The van der Waals surface area contributed by atoms with Gasteiger partial charge in [0.2, 0.25) is 15.9 Å². The van der Waals surface area contributed by atoms with E-state index in [0.29, 0.717) is 24.3 Å². The van der Waals surface area contributed by atoms with Crippen molar-refractivity contribution in [2.45, 2.75) is 20.3 Å². The van der Waals surface area contributed by atoms with Gasteiger partial charge < -0.3 is 10.6 Å². The van der Waals surface area contributed by atoms with E-state index in [1.807, 2.05) is 0 Å². The quantitative estimate of drug-likeness (QED) is 0.708. The smallest absolute Gasteiger partial charge is 0.232 e. The van der Waals surface area contributed by atoms with Crippen LogP contribution in [0.1, 0.15) is 18.9 Å². The largest absolute Gasteiger partial charge is 0.326 e. The van der Waals surface area contributed by atoms with E-state index in [1.165, 1.54) is 0 Å². The zero-order valence-electron chi connectivity index (χ0n) is 12.4. The van der Waals surface area contributed by atoms with Crippen LogP contribution in [-0.4, -0.2) is 33.7 Å². The van der Waals surface area contributed by atoms with Gasteiger partial charge in [-0.2, -0.15) is 0 Å². The Morgan fingerprint density at radius 1 is 1.29 bits per heavy atom. The number of sulfonamides is 1. The minimum Gasteiger partial charge on any atom is -0.326 e. The molecule has 0 heterocycles. The van der Waals surface area contributed by atoms with Crippen molar-refractivity contribution < 1.29 is 13.2 Å². The number of rotatable bonds is 7. The summed E-state index contributed by atoms with van der Waals surface area (Å²) in [4.78, 5) is 11.6. The lowest BCUT2D eigenvalue weighted by molar-refractivity contribution is -0.116. The first-order valence-electron chi connectivity index (χ1n) is 6.43. The number of amides is 1. The van der Waals surface area contributed by atoms with Gasteiger partial charge in [-0.25, -0.2) is 8.42 Å². The average Bonchev–Trinajstić information content (AvgIpc) is 2.39. The summed E-state index contributed by atoms with van der Waals surface area (Å²) in [5.41, 5.74) is 1.94. The van der Waals surface area contributed by atoms with Crippen LogP contribution in [-0.2, 0) is 14.8 Å². The second kappa shape index (κ2) is 8.86. The number of anilines is 2. The minimum absolute atomic E-state index is 0. The van der Waals surface area contributed by atoms with Gasteiger partial charge in [0, 0.05) is 18.7 Å². The zero-order chi connectivity index (χ0) is 15.2. The maximum absolute atomic E-state index is 11.6. The molecule has 1 aromatic rings. The second-order valence-corrected chi connectivity index (χ2v) is 6.45. The predicted octanol–water partition coefficient (Wildman–Crippen LogP) is 1.73. The van der Waals surface area contributed by atoms with Crippen LogP contribution in [0.2, 0.25) is 0 Å². The molecule has 6 nitrogen and oxygen atoms in total. The van der Waals surface area contributed by atoms with Crippen LogP contribution in [0.25, 0.3) is 0 Å². The minimum atomic E-state index is -3.29. The highest BCUT2D eigenvalue weighted by molar-refractivity contribution is 7.92. The van der Waals surface area contributed by atoms with E-state index >= 15 is 0 Å². The normalized spacial score (nSPS) is 10.6. The second-order valence-electron chi connectivity index (χ2n) is 4.44. The maximum atomic E-state index is 11.6. The zero-order valence-corrected chi connectivity index (χ0v) is 14.0. The fourth-order valence-electron chi connectivity index (χ4n) is 1.56. The highest BCUT2D eigenvalue weighted by Gasteiger charge is 2.09. The van der Waals surface area contributed by atoms with E-state index in [2.05, 4.69) is 15.4 Å². The third-order valence-electron chi connectivity index (χ3n) is 2.76. The first kappa shape index (κ1) is 19.7. The standard InChI is InChI=1S/C13H21N3O3S.ClH/c1-4-20(18,19)16-12-6-5-11(9-10(12)2)15-13(17)7-8-14-3;/h5-6,9,14,16H,4,7-8H2,1-3H3,(H,15,17);1H. The Morgan fingerprint density at radius 3 is 2.48 bits per heavy atom. The molecule has 1 aromatic carbocycles. The molecule has 0 fully saturated rings. The molecule has 0 aliphatic carbocycles.